The van der Waals surface area contributed by atoms with Gasteiger partial charge in [0.2, 0.25) is 0 Å². The third kappa shape index (κ3) is 3.28. The number of methoxy groups -OCH3 is 1. The van der Waals surface area contributed by atoms with Gasteiger partial charge in [-0.3, -0.25) is 0 Å². The quantitative estimate of drug-likeness (QED) is 0.914. The summed E-state index contributed by atoms with van der Waals surface area (Å²) in [5.74, 6) is -0.842. The number of hydrogen-bond donors (Lipinski definition) is 1. The Kier molecular flexibility index (Phi) is 4.37. The van der Waals surface area contributed by atoms with Crippen molar-refractivity contribution in [1.82, 2.24) is 0 Å². The second-order valence-electron chi connectivity index (χ2n) is 4.09. The third-order valence-electron chi connectivity index (χ3n) is 2.84. The van der Waals surface area contributed by atoms with Gasteiger partial charge in [0.15, 0.2) is 0 Å². The minimum absolute atomic E-state index is 0.00567. The van der Waals surface area contributed by atoms with Gasteiger partial charge in [0.25, 0.3) is 0 Å². The Labute approximate surface area is 119 Å². The molecule has 0 amide bonds. The molecule has 6 heteroatoms. The maximum absolute atomic E-state index is 12.4. The Morgan fingerprint density at radius 2 is 1.76 bits per heavy atom. The molecule has 0 saturated carbocycles. The smallest absolute Gasteiger partial charge is 0.387 e. The molecule has 110 valence electrons. The van der Waals surface area contributed by atoms with Crippen LogP contribution in [-0.4, -0.2) is 24.8 Å². The second-order valence-corrected chi connectivity index (χ2v) is 4.09. The van der Waals surface area contributed by atoms with Gasteiger partial charge >= 0.3 is 12.6 Å². The van der Waals surface area contributed by atoms with E-state index in [-0.39, 0.29) is 17.1 Å². The van der Waals surface area contributed by atoms with Gasteiger partial charge < -0.3 is 14.6 Å². The predicted molar refractivity (Wildman–Crippen MR) is 72.0 cm³/mol. The highest BCUT2D eigenvalue weighted by atomic mass is 19.3. The number of ether oxygens (including phenoxy) is 2. The van der Waals surface area contributed by atoms with Gasteiger partial charge in [0, 0.05) is 11.1 Å². The second kappa shape index (κ2) is 6.21. The van der Waals surface area contributed by atoms with E-state index in [2.05, 4.69) is 4.74 Å². The van der Waals surface area contributed by atoms with Crippen molar-refractivity contribution in [2.75, 3.05) is 7.11 Å². The monoisotopic (exact) mass is 294 g/mol. The maximum Gasteiger partial charge on any atom is 0.387 e. The predicted octanol–water partition coefficient (Wildman–Crippen LogP) is 3.66. The highest BCUT2D eigenvalue weighted by Crippen LogP contribution is 2.37. The lowest BCUT2D eigenvalue weighted by Gasteiger charge is -2.14. The zero-order valence-corrected chi connectivity index (χ0v) is 11.0. The molecule has 0 heterocycles. The van der Waals surface area contributed by atoms with E-state index in [1.54, 1.807) is 18.2 Å². The van der Waals surface area contributed by atoms with E-state index in [1.165, 1.54) is 31.4 Å². The van der Waals surface area contributed by atoms with Crippen LogP contribution in [0.2, 0.25) is 0 Å². The van der Waals surface area contributed by atoms with Crippen LogP contribution >= 0.6 is 0 Å². The Hall–Kier alpha value is -2.63. The summed E-state index contributed by atoms with van der Waals surface area (Å²) in [7, 11) is 1.38. The van der Waals surface area contributed by atoms with Crippen molar-refractivity contribution in [3.63, 3.8) is 0 Å². The van der Waals surface area contributed by atoms with Crippen molar-refractivity contribution in [1.29, 1.82) is 0 Å². The van der Waals surface area contributed by atoms with Crippen LogP contribution in [-0.2, 0) is 0 Å². The third-order valence-corrected chi connectivity index (χ3v) is 2.84. The van der Waals surface area contributed by atoms with E-state index in [9.17, 15) is 13.6 Å². The Balaban J connectivity index is 2.54. The van der Waals surface area contributed by atoms with Gasteiger partial charge in [-0.25, -0.2) is 4.79 Å². The SMILES string of the molecule is COc1cc(C(=O)O)ccc1-c1ccccc1OC(F)F. The van der Waals surface area contributed by atoms with E-state index >= 15 is 0 Å². The van der Waals surface area contributed by atoms with Crippen LogP contribution in [0.3, 0.4) is 0 Å². The summed E-state index contributed by atoms with van der Waals surface area (Å²) in [5, 5.41) is 8.96. The average molecular weight is 294 g/mol. The molecule has 0 saturated heterocycles. The first-order valence-corrected chi connectivity index (χ1v) is 5.98. The minimum atomic E-state index is -2.95. The largest absolute Gasteiger partial charge is 0.496 e. The van der Waals surface area contributed by atoms with Crippen LogP contribution in [0.15, 0.2) is 42.5 Å². The summed E-state index contributed by atoms with van der Waals surface area (Å²) in [6.45, 7) is -2.95. The van der Waals surface area contributed by atoms with Gasteiger partial charge in [0.1, 0.15) is 11.5 Å². The molecule has 2 aromatic rings. The van der Waals surface area contributed by atoms with Crippen molar-refractivity contribution in [2.24, 2.45) is 0 Å². The molecule has 0 bridgehead atoms. The molecular weight excluding hydrogens is 282 g/mol. The normalized spacial score (nSPS) is 10.5. The first kappa shape index (κ1) is 14.8. The molecule has 0 radical (unpaired) electrons. The van der Waals surface area contributed by atoms with Crippen LogP contribution in [0, 0.1) is 0 Å². The van der Waals surface area contributed by atoms with E-state index in [4.69, 9.17) is 9.84 Å². The molecule has 21 heavy (non-hydrogen) atoms. The molecule has 0 aliphatic heterocycles. The van der Waals surface area contributed by atoms with Crippen molar-refractivity contribution in [3.8, 4) is 22.6 Å². The van der Waals surface area contributed by atoms with E-state index in [1.807, 2.05) is 0 Å². The summed E-state index contributed by atoms with van der Waals surface area (Å²) < 4.78 is 34.5. The number of carboxylic acid groups (broad SMARTS) is 1. The van der Waals surface area contributed by atoms with E-state index < -0.39 is 12.6 Å². The Bertz CT molecular complexity index is 656. The van der Waals surface area contributed by atoms with Crippen LogP contribution in [0.25, 0.3) is 11.1 Å². The molecule has 0 fully saturated rings. The molecule has 0 aliphatic carbocycles. The average Bonchev–Trinajstić information content (AvgIpc) is 2.46. The lowest BCUT2D eigenvalue weighted by molar-refractivity contribution is -0.0494. The fourth-order valence-corrected chi connectivity index (χ4v) is 1.93. The molecule has 4 nitrogen and oxygen atoms in total. The number of benzene rings is 2. The number of carboxylic acids is 1. The molecule has 0 unspecified atom stereocenters. The Morgan fingerprint density at radius 3 is 2.38 bits per heavy atom. The summed E-state index contributed by atoms with van der Waals surface area (Å²) in [6, 6.07) is 10.4. The number of halogens is 2. The van der Waals surface area contributed by atoms with Crippen molar-refractivity contribution < 1.29 is 28.2 Å². The van der Waals surface area contributed by atoms with Crippen molar-refractivity contribution in [3.05, 3.63) is 48.0 Å². The molecule has 2 aromatic carbocycles. The zero-order chi connectivity index (χ0) is 15.4. The summed E-state index contributed by atoms with van der Waals surface area (Å²) in [6.07, 6.45) is 0. The van der Waals surface area contributed by atoms with Crippen LogP contribution < -0.4 is 9.47 Å². The van der Waals surface area contributed by atoms with Gasteiger partial charge in [-0.1, -0.05) is 18.2 Å². The highest BCUT2D eigenvalue weighted by molar-refractivity contribution is 5.90. The van der Waals surface area contributed by atoms with Crippen molar-refractivity contribution in [2.45, 2.75) is 6.61 Å². The lowest BCUT2D eigenvalue weighted by atomic mass is 10.0. The van der Waals surface area contributed by atoms with Gasteiger partial charge in [-0.05, 0) is 24.3 Å². The van der Waals surface area contributed by atoms with Gasteiger partial charge in [-0.2, -0.15) is 8.78 Å². The van der Waals surface area contributed by atoms with Gasteiger partial charge in [0.05, 0.1) is 12.7 Å². The van der Waals surface area contributed by atoms with E-state index in [0.717, 1.165) is 0 Å². The number of para-hydroxylation sites is 1. The first-order valence-electron chi connectivity index (χ1n) is 5.98. The number of alkyl halides is 2. The minimum Gasteiger partial charge on any atom is -0.496 e. The van der Waals surface area contributed by atoms with Crippen LogP contribution in [0.5, 0.6) is 11.5 Å². The van der Waals surface area contributed by atoms with Crippen molar-refractivity contribution >= 4 is 5.97 Å². The molecular formula is C15H12F2O4. The molecule has 2 rings (SSSR count). The van der Waals surface area contributed by atoms with Gasteiger partial charge in [-0.15, -0.1) is 0 Å². The molecule has 0 aliphatic rings. The Morgan fingerprint density at radius 1 is 1.10 bits per heavy atom. The summed E-state index contributed by atoms with van der Waals surface area (Å²) in [4.78, 5) is 10.9. The first-order chi connectivity index (χ1) is 10.0. The summed E-state index contributed by atoms with van der Waals surface area (Å²) in [5.41, 5.74) is 0.910. The number of carbonyl (C=O) groups is 1. The fraction of sp³-hybridized carbons (Fsp3) is 0.133. The van der Waals surface area contributed by atoms with E-state index in [0.29, 0.717) is 11.1 Å². The van der Waals surface area contributed by atoms with Crippen LogP contribution in [0.1, 0.15) is 10.4 Å². The molecule has 1 N–H and O–H groups in total. The molecule has 0 aromatic heterocycles. The number of rotatable bonds is 5. The lowest BCUT2D eigenvalue weighted by Crippen LogP contribution is -2.03. The number of hydrogen-bond acceptors (Lipinski definition) is 3. The highest BCUT2D eigenvalue weighted by Gasteiger charge is 2.15. The molecule has 0 spiro atoms. The fourth-order valence-electron chi connectivity index (χ4n) is 1.93. The number of aromatic carboxylic acids is 1. The van der Waals surface area contributed by atoms with Crippen LogP contribution in [0.4, 0.5) is 8.78 Å². The molecule has 0 atom stereocenters. The maximum atomic E-state index is 12.4. The standard InChI is InChI=1S/C15H12F2O4/c1-20-13-8-9(14(18)19)6-7-11(13)10-4-2-3-5-12(10)21-15(16)17/h2-8,15H,1H3,(H,18,19). The summed E-state index contributed by atoms with van der Waals surface area (Å²) >= 11 is 0. The zero-order valence-electron chi connectivity index (χ0n) is 11.0. The topological polar surface area (TPSA) is 55.8 Å².